The number of ether oxygens (including phenoxy) is 1. The first kappa shape index (κ1) is 15.3. The lowest BCUT2D eigenvalue weighted by molar-refractivity contribution is 0.101. The number of benzene rings is 1. The molecule has 21 heavy (non-hydrogen) atoms. The molecule has 2 rings (SSSR count). The van der Waals surface area contributed by atoms with Crippen LogP contribution in [0.25, 0.3) is 0 Å². The van der Waals surface area contributed by atoms with E-state index in [1.165, 1.54) is 0 Å². The quantitative estimate of drug-likeness (QED) is 0.848. The molecule has 1 aromatic heterocycles. The molecule has 0 radical (unpaired) electrons. The number of hydrogen-bond donors (Lipinski definition) is 2. The lowest BCUT2D eigenvalue weighted by atomic mass is 10.2. The number of carbonyl (C=O) groups is 1. The molecule has 1 aromatic carbocycles. The zero-order valence-corrected chi connectivity index (χ0v) is 12.9. The summed E-state index contributed by atoms with van der Waals surface area (Å²) < 4.78 is 6.91. The number of nitrogens with zero attached hydrogens (tertiary/aromatic N) is 1. The molecule has 2 aromatic rings. The van der Waals surface area contributed by atoms with E-state index in [1.54, 1.807) is 37.6 Å². The highest BCUT2D eigenvalue weighted by Crippen LogP contribution is 2.25. The Morgan fingerprint density at radius 3 is 2.67 bits per heavy atom. The molecule has 0 atom stereocenters. The molecule has 1 amide bonds. The van der Waals surface area contributed by atoms with Crippen molar-refractivity contribution in [2.75, 3.05) is 18.2 Å². The Kier molecular flexibility index (Phi) is 4.43. The summed E-state index contributed by atoms with van der Waals surface area (Å²) in [6.07, 6.45) is 1.74. The summed E-state index contributed by atoms with van der Waals surface area (Å²) in [6.45, 7) is 3.97. The average Bonchev–Trinajstić information content (AvgIpc) is 2.81. The third-order valence-corrected chi connectivity index (χ3v) is 3.30. The molecule has 1 heterocycles. The number of nitrogen functional groups attached to an aromatic ring is 1. The van der Waals surface area contributed by atoms with Gasteiger partial charge in [0.25, 0.3) is 5.91 Å². The summed E-state index contributed by atoms with van der Waals surface area (Å²) in [5, 5.41) is 3.34. The van der Waals surface area contributed by atoms with Crippen molar-refractivity contribution in [2.24, 2.45) is 0 Å². The monoisotopic (exact) mass is 307 g/mol. The molecule has 0 aliphatic heterocycles. The zero-order chi connectivity index (χ0) is 15.6. The molecule has 0 saturated heterocycles. The number of hydrogen-bond acceptors (Lipinski definition) is 3. The summed E-state index contributed by atoms with van der Waals surface area (Å²) >= 11 is 5.98. The van der Waals surface area contributed by atoms with E-state index in [0.29, 0.717) is 27.8 Å². The van der Waals surface area contributed by atoms with Crippen LogP contribution in [0.4, 0.5) is 11.4 Å². The fraction of sp³-hybridized carbons (Fsp3) is 0.267. The molecule has 0 bridgehead atoms. The van der Waals surface area contributed by atoms with Crippen LogP contribution in [-0.2, 0) is 0 Å². The van der Waals surface area contributed by atoms with E-state index >= 15 is 0 Å². The maximum Gasteiger partial charge on any atom is 0.272 e. The van der Waals surface area contributed by atoms with E-state index in [-0.39, 0.29) is 11.9 Å². The van der Waals surface area contributed by atoms with Gasteiger partial charge in [-0.05, 0) is 38.1 Å². The van der Waals surface area contributed by atoms with E-state index in [9.17, 15) is 4.79 Å². The van der Waals surface area contributed by atoms with Crippen molar-refractivity contribution in [1.82, 2.24) is 4.57 Å². The van der Waals surface area contributed by atoms with Crippen molar-refractivity contribution in [2.45, 2.75) is 19.9 Å². The molecule has 5 nitrogen and oxygen atoms in total. The third-order valence-electron chi connectivity index (χ3n) is 3.09. The van der Waals surface area contributed by atoms with Gasteiger partial charge in [0.05, 0.1) is 17.8 Å². The van der Waals surface area contributed by atoms with Gasteiger partial charge >= 0.3 is 0 Å². The SMILES string of the molecule is COc1ccc(NC(=O)c2cc(Cl)cn2C(C)C)cc1N. The second kappa shape index (κ2) is 6.10. The van der Waals surface area contributed by atoms with Crippen LogP contribution in [-0.4, -0.2) is 17.6 Å². The Balaban J connectivity index is 2.24. The smallest absolute Gasteiger partial charge is 0.272 e. The molecule has 6 heteroatoms. The van der Waals surface area contributed by atoms with Crippen molar-refractivity contribution >= 4 is 28.9 Å². The van der Waals surface area contributed by atoms with E-state index in [2.05, 4.69) is 5.32 Å². The maximum atomic E-state index is 12.4. The minimum Gasteiger partial charge on any atom is -0.495 e. The predicted molar refractivity (Wildman–Crippen MR) is 85.2 cm³/mol. The molecule has 3 N–H and O–H groups in total. The standard InChI is InChI=1S/C15H18ClN3O2/c1-9(2)19-8-10(16)6-13(19)15(20)18-11-4-5-14(21-3)12(17)7-11/h4-9H,17H2,1-3H3,(H,18,20). The highest BCUT2D eigenvalue weighted by atomic mass is 35.5. The van der Waals surface area contributed by atoms with Gasteiger partial charge in [0.2, 0.25) is 0 Å². The number of carbonyl (C=O) groups excluding carboxylic acids is 1. The molecular weight excluding hydrogens is 290 g/mol. The van der Waals surface area contributed by atoms with Crippen LogP contribution in [0.15, 0.2) is 30.5 Å². The predicted octanol–water partition coefficient (Wildman–Crippen LogP) is 3.57. The van der Waals surface area contributed by atoms with Crippen molar-refractivity contribution in [3.63, 3.8) is 0 Å². The molecular formula is C15H18ClN3O2. The lowest BCUT2D eigenvalue weighted by Crippen LogP contribution is -2.17. The van der Waals surface area contributed by atoms with Crippen LogP contribution < -0.4 is 15.8 Å². The molecule has 0 fully saturated rings. The van der Waals surface area contributed by atoms with Gasteiger partial charge in [-0.15, -0.1) is 0 Å². The Hall–Kier alpha value is -2.14. The summed E-state index contributed by atoms with van der Waals surface area (Å²) in [5.41, 5.74) is 7.40. The highest BCUT2D eigenvalue weighted by Gasteiger charge is 2.15. The van der Waals surface area contributed by atoms with E-state index in [1.807, 2.05) is 18.4 Å². The van der Waals surface area contributed by atoms with Crippen molar-refractivity contribution in [3.05, 3.63) is 41.2 Å². The number of anilines is 2. The number of nitrogens with two attached hydrogens (primary N) is 1. The maximum absolute atomic E-state index is 12.4. The number of rotatable bonds is 4. The zero-order valence-electron chi connectivity index (χ0n) is 12.2. The average molecular weight is 308 g/mol. The van der Waals surface area contributed by atoms with Gasteiger partial charge in [-0.1, -0.05) is 11.6 Å². The fourth-order valence-corrected chi connectivity index (χ4v) is 2.27. The van der Waals surface area contributed by atoms with Crippen LogP contribution in [0.3, 0.4) is 0 Å². The summed E-state index contributed by atoms with van der Waals surface area (Å²) in [7, 11) is 1.54. The van der Waals surface area contributed by atoms with Gasteiger partial charge in [0, 0.05) is 17.9 Å². The number of methoxy groups -OCH3 is 1. The Labute approximate surface area is 128 Å². The topological polar surface area (TPSA) is 69.3 Å². The minimum absolute atomic E-state index is 0.138. The molecule has 0 saturated carbocycles. The summed E-state index contributed by atoms with van der Waals surface area (Å²) in [5.74, 6) is 0.335. The summed E-state index contributed by atoms with van der Waals surface area (Å²) in [6, 6.07) is 6.88. The third kappa shape index (κ3) is 3.31. The second-order valence-corrected chi connectivity index (χ2v) is 5.39. The van der Waals surface area contributed by atoms with Crippen LogP contribution in [0, 0.1) is 0 Å². The number of amides is 1. The molecule has 0 aliphatic carbocycles. The van der Waals surface area contributed by atoms with Gasteiger partial charge in [-0.25, -0.2) is 0 Å². The number of aromatic nitrogens is 1. The van der Waals surface area contributed by atoms with Gasteiger partial charge in [-0.2, -0.15) is 0 Å². The van der Waals surface area contributed by atoms with Crippen LogP contribution >= 0.6 is 11.6 Å². The largest absolute Gasteiger partial charge is 0.495 e. The minimum atomic E-state index is -0.236. The van der Waals surface area contributed by atoms with E-state index in [4.69, 9.17) is 22.1 Å². The first-order valence-electron chi connectivity index (χ1n) is 6.54. The highest BCUT2D eigenvalue weighted by molar-refractivity contribution is 6.31. The van der Waals surface area contributed by atoms with Crippen LogP contribution in [0.1, 0.15) is 30.4 Å². The Morgan fingerprint density at radius 2 is 2.10 bits per heavy atom. The van der Waals surface area contributed by atoms with Crippen molar-refractivity contribution in [3.8, 4) is 5.75 Å². The normalized spacial score (nSPS) is 10.7. The summed E-state index contributed by atoms with van der Waals surface area (Å²) in [4.78, 5) is 12.4. The van der Waals surface area contributed by atoms with E-state index in [0.717, 1.165) is 0 Å². The van der Waals surface area contributed by atoms with Gasteiger partial charge in [0.15, 0.2) is 0 Å². The van der Waals surface area contributed by atoms with Gasteiger partial charge in [-0.3, -0.25) is 4.79 Å². The number of halogens is 1. The molecule has 0 unspecified atom stereocenters. The number of nitrogens with one attached hydrogen (secondary N) is 1. The molecule has 0 aliphatic rings. The van der Waals surface area contributed by atoms with Gasteiger partial charge < -0.3 is 20.4 Å². The Morgan fingerprint density at radius 1 is 1.38 bits per heavy atom. The molecule has 0 spiro atoms. The lowest BCUT2D eigenvalue weighted by Gasteiger charge is -2.13. The fourth-order valence-electron chi connectivity index (χ4n) is 2.06. The van der Waals surface area contributed by atoms with Crippen molar-refractivity contribution < 1.29 is 9.53 Å². The first-order valence-corrected chi connectivity index (χ1v) is 6.92. The van der Waals surface area contributed by atoms with E-state index < -0.39 is 0 Å². The van der Waals surface area contributed by atoms with Crippen molar-refractivity contribution in [1.29, 1.82) is 0 Å². The van der Waals surface area contributed by atoms with Gasteiger partial charge in [0.1, 0.15) is 11.4 Å². The Bertz CT molecular complexity index is 665. The van der Waals surface area contributed by atoms with Crippen LogP contribution in [0.2, 0.25) is 5.02 Å². The molecule has 112 valence electrons. The first-order chi connectivity index (χ1) is 9.92. The second-order valence-electron chi connectivity index (χ2n) is 4.96. The van der Waals surface area contributed by atoms with Crippen LogP contribution in [0.5, 0.6) is 5.75 Å².